The zero-order valence-electron chi connectivity index (χ0n) is 11.4. The molecule has 0 saturated heterocycles. The fraction of sp³-hybridized carbons (Fsp3) is 0.133. The molecule has 0 bridgehead atoms. The summed E-state index contributed by atoms with van der Waals surface area (Å²) in [7, 11) is 1.80. The molecule has 0 atom stereocenters. The molecule has 0 aliphatic heterocycles. The number of aromatic nitrogens is 1. The molecule has 2 aromatic heterocycles. The van der Waals surface area contributed by atoms with Gasteiger partial charge in [-0.2, -0.15) is 0 Å². The predicted molar refractivity (Wildman–Crippen MR) is 90.5 cm³/mol. The molecular formula is C15H14BrN3OS. The van der Waals surface area contributed by atoms with Gasteiger partial charge < -0.3 is 15.6 Å². The third-order valence-corrected chi connectivity index (χ3v) is 4.88. The number of benzene rings is 1. The van der Waals surface area contributed by atoms with Crippen LogP contribution < -0.4 is 5.73 Å². The van der Waals surface area contributed by atoms with Gasteiger partial charge in [0.15, 0.2) is 0 Å². The van der Waals surface area contributed by atoms with Crippen LogP contribution in [0.2, 0.25) is 0 Å². The third kappa shape index (κ3) is 2.82. The van der Waals surface area contributed by atoms with Crippen LogP contribution in [-0.4, -0.2) is 22.8 Å². The molecule has 108 valence electrons. The van der Waals surface area contributed by atoms with E-state index in [2.05, 4.69) is 20.9 Å². The number of carbonyl (C=O) groups excluding carboxylic acids is 1. The van der Waals surface area contributed by atoms with E-state index >= 15 is 0 Å². The van der Waals surface area contributed by atoms with Crippen LogP contribution in [0.5, 0.6) is 0 Å². The van der Waals surface area contributed by atoms with Gasteiger partial charge in [-0.3, -0.25) is 4.79 Å². The van der Waals surface area contributed by atoms with Crippen molar-refractivity contribution in [3.05, 3.63) is 50.8 Å². The lowest BCUT2D eigenvalue weighted by molar-refractivity contribution is 0.0787. The Morgan fingerprint density at radius 1 is 1.43 bits per heavy atom. The second-order valence-electron chi connectivity index (χ2n) is 4.93. The molecule has 0 aliphatic carbocycles. The Kier molecular flexibility index (Phi) is 3.73. The quantitative estimate of drug-likeness (QED) is 0.694. The number of halogens is 1. The molecule has 0 aliphatic rings. The predicted octanol–water partition coefficient (Wildman–Crippen LogP) is 3.85. The number of anilines is 1. The Labute approximate surface area is 134 Å². The highest BCUT2D eigenvalue weighted by atomic mass is 79.9. The van der Waals surface area contributed by atoms with Gasteiger partial charge in [-0.1, -0.05) is 0 Å². The molecule has 0 spiro atoms. The van der Waals surface area contributed by atoms with Crippen molar-refractivity contribution in [2.75, 3.05) is 12.8 Å². The maximum absolute atomic E-state index is 12.6. The summed E-state index contributed by atoms with van der Waals surface area (Å²) in [5, 5.41) is 2.90. The molecule has 0 fully saturated rings. The minimum absolute atomic E-state index is 0.0193. The van der Waals surface area contributed by atoms with E-state index in [4.69, 9.17) is 5.73 Å². The second-order valence-corrected chi connectivity index (χ2v) is 7.22. The van der Waals surface area contributed by atoms with Crippen molar-refractivity contribution in [3.8, 4) is 0 Å². The molecule has 21 heavy (non-hydrogen) atoms. The maximum Gasteiger partial charge on any atom is 0.256 e. The van der Waals surface area contributed by atoms with Crippen molar-refractivity contribution >= 4 is 49.8 Å². The van der Waals surface area contributed by atoms with Gasteiger partial charge in [0.2, 0.25) is 0 Å². The van der Waals surface area contributed by atoms with Crippen LogP contribution in [0.25, 0.3) is 10.9 Å². The molecule has 4 nitrogen and oxygen atoms in total. The topological polar surface area (TPSA) is 62.1 Å². The molecule has 3 N–H and O–H groups in total. The van der Waals surface area contributed by atoms with Crippen LogP contribution in [0.15, 0.2) is 39.6 Å². The van der Waals surface area contributed by atoms with E-state index in [1.54, 1.807) is 29.5 Å². The van der Waals surface area contributed by atoms with E-state index in [0.29, 0.717) is 17.8 Å². The molecule has 3 rings (SSSR count). The minimum Gasteiger partial charge on any atom is -0.399 e. The van der Waals surface area contributed by atoms with Gasteiger partial charge in [-0.25, -0.2) is 0 Å². The number of nitrogen functional groups attached to an aromatic ring is 1. The van der Waals surface area contributed by atoms with Crippen molar-refractivity contribution in [2.24, 2.45) is 0 Å². The van der Waals surface area contributed by atoms with Crippen LogP contribution in [0.3, 0.4) is 0 Å². The molecule has 0 unspecified atom stereocenters. The van der Waals surface area contributed by atoms with Crippen LogP contribution >= 0.6 is 27.3 Å². The lowest BCUT2D eigenvalue weighted by atomic mass is 10.1. The van der Waals surface area contributed by atoms with Gasteiger partial charge in [0.05, 0.1) is 9.35 Å². The van der Waals surface area contributed by atoms with E-state index in [9.17, 15) is 4.79 Å². The van der Waals surface area contributed by atoms with Crippen LogP contribution in [0.1, 0.15) is 15.9 Å². The molecule has 6 heteroatoms. The first-order valence-corrected chi connectivity index (χ1v) is 8.07. The number of rotatable bonds is 3. The largest absolute Gasteiger partial charge is 0.399 e. The first kappa shape index (κ1) is 14.2. The van der Waals surface area contributed by atoms with E-state index in [0.717, 1.165) is 20.3 Å². The van der Waals surface area contributed by atoms with Crippen LogP contribution in [0, 0.1) is 0 Å². The molecule has 2 heterocycles. The molecular weight excluding hydrogens is 350 g/mol. The van der Waals surface area contributed by atoms with E-state index in [1.165, 1.54) is 0 Å². The Hall–Kier alpha value is -1.79. The highest BCUT2D eigenvalue weighted by Gasteiger charge is 2.17. The monoisotopic (exact) mass is 363 g/mol. The smallest absolute Gasteiger partial charge is 0.256 e. The summed E-state index contributed by atoms with van der Waals surface area (Å²) in [6.07, 6.45) is 1.74. The Bertz CT molecular complexity index is 808. The summed E-state index contributed by atoms with van der Waals surface area (Å²) in [5.41, 5.74) is 9.14. The summed E-state index contributed by atoms with van der Waals surface area (Å²) in [6.45, 7) is 0.579. The highest BCUT2D eigenvalue weighted by molar-refractivity contribution is 9.11. The zero-order valence-corrected chi connectivity index (χ0v) is 13.8. The fourth-order valence-electron chi connectivity index (χ4n) is 2.30. The van der Waals surface area contributed by atoms with Gasteiger partial charge >= 0.3 is 0 Å². The number of H-pyrrole nitrogens is 1. The number of thiophene rings is 1. The van der Waals surface area contributed by atoms with Crippen molar-refractivity contribution in [3.63, 3.8) is 0 Å². The third-order valence-electron chi connectivity index (χ3n) is 3.32. The lowest BCUT2D eigenvalue weighted by Gasteiger charge is -2.16. The van der Waals surface area contributed by atoms with Crippen molar-refractivity contribution in [2.45, 2.75) is 6.54 Å². The SMILES string of the molecule is CN(Cc1csc(Br)c1)C(=O)c1c[nH]c2ccc(N)cc12. The first-order chi connectivity index (χ1) is 10.0. The normalized spacial score (nSPS) is 11.0. The van der Waals surface area contributed by atoms with Crippen molar-refractivity contribution in [1.29, 1.82) is 0 Å². The first-order valence-electron chi connectivity index (χ1n) is 6.39. The average molecular weight is 364 g/mol. The summed E-state index contributed by atoms with van der Waals surface area (Å²) in [5.74, 6) is -0.0193. The number of hydrogen-bond donors (Lipinski definition) is 2. The Morgan fingerprint density at radius 2 is 2.24 bits per heavy atom. The maximum atomic E-state index is 12.6. The molecule has 1 aromatic carbocycles. The standard InChI is InChI=1S/C15H14BrN3OS/c1-19(7-9-4-14(16)21-8-9)15(20)12-6-18-13-3-2-10(17)5-11(12)13/h2-6,8,18H,7,17H2,1H3. The number of carbonyl (C=O) groups is 1. The molecule has 0 radical (unpaired) electrons. The Morgan fingerprint density at radius 3 is 2.95 bits per heavy atom. The van der Waals surface area contributed by atoms with Gasteiger partial charge in [-0.05, 0) is 51.1 Å². The van der Waals surface area contributed by atoms with Gasteiger partial charge in [0.1, 0.15) is 0 Å². The fourth-order valence-corrected chi connectivity index (χ4v) is 3.50. The number of nitrogens with zero attached hydrogens (tertiary/aromatic N) is 1. The van der Waals surface area contributed by atoms with Gasteiger partial charge in [-0.15, -0.1) is 11.3 Å². The number of nitrogens with one attached hydrogen (secondary N) is 1. The minimum atomic E-state index is -0.0193. The number of hydrogen-bond acceptors (Lipinski definition) is 3. The number of aromatic amines is 1. The summed E-state index contributed by atoms with van der Waals surface area (Å²) in [6, 6.07) is 7.56. The molecule has 0 saturated carbocycles. The van der Waals surface area contributed by atoms with Crippen LogP contribution in [0.4, 0.5) is 5.69 Å². The summed E-state index contributed by atoms with van der Waals surface area (Å²) < 4.78 is 1.07. The Balaban J connectivity index is 1.87. The van der Waals surface area contributed by atoms with E-state index < -0.39 is 0 Å². The van der Waals surface area contributed by atoms with Gasteiger partial charge in [0.25, 0.3) is 5.91 Å². The highest BCUT2D eigenvalue weighted by Crippen LogP contribution is 2.24. The van der Waals surface area contributed by atoms with Crippen LogP contribution in [-0.2, 0) is 6.54 Å². The number of nitrogens with two attached hydrogens (primary N) is 1. The number of amides is 1. The van der Waals surface area contributed by atoms with E-state index in [1.807, 2.05) is 29.6 Å². The van der Waals surface area contributed by atoms with E-state index in [-0.39, 0.29) is 5.91 Å². The second kappa shape index (κ2) is 5.54. The van der Waals surface area contributed by atoms with Gasteiger partial charge in [0, 0.05) is 36.4 Å². The molecule has 3 aromatic rings. The lowest BCUT2D eigenvalue weighted by Crippen LogP contribution is -2.25. The average Bonchev–Trinajstić information content (AvgIpc) is 3.04. The summed E-state index contributed by atoms with van der Waals surface area (Å²) in [4.78, 5) is 17.4. The number of fused-ring (bicyclic) bond motifs is 1. The zero-order chi connectivity index (χ0) is 15.0. The molecule has 1 amide bonds. The summed E-state index contributed by atoms with van der Waals surface area (Å²) >= 11 is 5.05. The van der Waals surface area contributed by atoms with Crippen molar-refractivity contribution < 1.29 is 4.79 Å². The van der Waals surface area contributed by atoms with Crippen molar-refractivity contribution in [1.82, 2.24) is 9.88 Å².